The Hall–Kier alpha value is -3.01. The van der Waals surface area contributed by atoms with Crippen LogP contribution in [0.4, 0.5) is 5.69 Å². The lowest BCUT2D eigenvalue weighted by molar-refractivity contribution is -0.118. The average molecular weight is 321 g/mol. The van der Waals surface area contributed by atoms with Crippen molar-refractivity contribution in [3.8, 4) is 11.5 Å². The highest BCUT2D eigenvalue weighted by Gasteiger charge is 2.05. The molecule has 1 amide bonds. The molecular formula is C20H19NO3. The first-order valence-electron chi connectivity index (χ1n) is 7.89. The summed E-state index contributed by atoms with van der Waals surface area (Å²) in [6.45, 7) is 2.51. The van der Waals surface area contributed by atoms with E-state index in [0.29, 0.717) is 12.4 Å². The van der Waals surface area contributed by atoms with Crippen molar-refractivity contribution in [2.24, 2.45) is 0 Å². The SMILES string of the molecule is CCOc1ccc(OCC(=O)Nc2ccc3ccccc3c2)cc1. The maximum absolute atomic E-state index is 12.0. The summed E-state index contributed by atoms with van der Waals surface area (Å²) in [7, 11) is 0. The van der Waals surface area contributed by atoms with Gasteiger partial charge >= 0.3 is 0 Å². The van der Waals surface area contributed by atoms with E-state index in [0.717, 1.165) is 22.2 Å². The highest BCUT2D eigenvalue weighted by Crippen LogP contribution is 2.19. The van der Waals surface area contributed by atoms with Gasteiger partial charge in [-0.05, 0) is 54.1 Å². The number of anilines is 1. The second kappa shape index (κ2) is 7.51. The van der Waals surface area contributed by atoms with Gasteiger partial charge in [-0.3, -0.25) is 4.79 Å². The Morgan fingerprint density at radius 1 is 0.875 bits per heavy atom. The summed E-state index contributed by atoms with van der Waals surface area (Å²) in [6, 6.07) is 21.0. The van der Waals surface area contributed by atoms with Gasteiger partial charge in [-0.15, -0.1) is 0 Å². The Balaban J connectivity index is 1.56. The second-order valence-electron chi connectivity index (χ2n) is 5.30. The van der Waals surface area contributed by atoms with Gasteiger partial charge in [0.25, 0.3) is 5.91 Å². The number of fused-ring (bicyclic) bond motifs is 1. The van der Waals surface area contributed by atoms with E-state index in [1.165, 1.54) is 0 Å². The lowest BCUT2D eigenvalue weighted by Crippen LogP contribution is -2.20. The minimum Gasteiger partial charge on any atom is -0.494 e. The monoisotopic (exact) mass is 321 g/mol. The van der Waals surface area contributed by atoms with Gasteiger partial charge in [0.05, 0.1) is 6.61 Å². The molecule has 122 valence electrons. The predicted octanol–water partition coefficient (Wildman–Crippen LogP) is 4.26. The number of amides is 1. The zero-order valence-electron chi connectivity index (χ0n) is 13.5. The van der Waals surface area contributed by atoms with Crippen LogP contribution in [0.25, 0.3) is 10.8 Å². The van der Waals surface area contributed by atoms with Crippen LogP contribution in [-0.2, 0) is 4.79 Å². The first kappa shape index (κ1) is 15.9. The number of carbonyl (C=O) groups excluding carboxylic acids is 1. The van der Waals surface area contributed by atoms with E-state index in [1.54, 1.807) is 12.1 Å². The first-order valence-corrected chi connectivity index (χ1v) is 7.89. The Kier molecular flexibility index (Phi) is 4.96. The van der Waals surface area contributed by atoms with E-state index in [9.17, 15) is 4.79 Å². The lowest BCUT2D eigenvalue weighted by Gasteiger charge is -2.09. The van der Waals surface area contributed by atoms with Gasteiger partial charge in [0, 0.05) is 5.69 Å². The van der Waals surface area contributed by atoms with Gasteiger partial charge < -0.3 is 14.8 Å². The van der Waals surface area contributed by atoms with Crippen LogP contribution in [0.1, 0.15) is 6.92 Å². The van der Waals surface area contributed by atoms with Crippen molar-refractivity contribution < 1.29 is 14.3 Å². The first-order chi connectivity index (χ1) is 11.7. The molecule has 3 rings (SSSR count). The molecule has 0 fully saturated rings. The molecule has 0 atom stereocenters. The second-order valence-corrected chi connectivity index (χ2v) is 5.30. The quantitative estimate of drug-likeness (QED) is 0.738. The van der Waals surface area contributed by atoms with E-state index >= 15 is 0 Å². The van der Waals surface area contributed by atoms with Gasteiger partial charge in [0.2, 0.25) is 0 Å². The fourth-order valence-electron chi connectivity index (χ4n) is 2.41. The normalized spacial score (nSPS) is 10.4. The summed E-state index contributed by atoms with van der Waals surface area (Å²) in [5.74, 6) is 1.22. The number of carbonyl (C=O) groups is 1. The zero-order valence-corrected chi connectivity index (χ0v) is 13.5. The summed E-state index contributed by atoms with van der Waals surface area (Å²) < 4.78 is 10.9. The smallest absolute Gasteiger partial charge is 0.262 e. The molecular weight excluding hydrogens is 302 g/mol. The van der Waals surface area contributed by atoms with Crippen LogP contribution in [0.2, 0.25) is 0 Å². The van der Waals surface area contributed by atoms with E-state index in [1.807, 2.05) is 61.5 Å². The van der Waals surface area contributed by atoms with Crippen molar-refractivity contribution in [2.75, 3.05) is 18.5 Å². The maximum atomic E-state index is 12.0. The number of rotatable bonds is 6. The van der Waals surface area contributed by atoms with E-state index in [4.69, 9.17) is 9.47 Å². The summed E-state index contributed by atoms with van der Waals surface area (Å²) in [4.78, 5) is 12.0. The number of ether oxygens (including phenoxy) is 2. The van der Waals surface area contributed by atoms with Crippen LogP contribution in [0, 0.1) is 0 Å². The number of hydrogen-bond acceptors (Lipinski definition) is 3. The summed E-state index contributed by atoms with van der Waals surface area (Å²) in [5, 5.41) is 5.07. The number of nitrogens with one attached hydrogen (secondary N) is 1. The zero-order chi connectivity index (χ0) is 16.8. The van der Waals surface area contributed by atoms with E-state index < -0.39 is 0 Å². The van der Waals surface area contributed by atoms with Crippen LogP contribution in [0.3, 0.4) is 0 Å². The van der Waals surface area contributed by atoms with E-state index in [-0.39, 0.29) is 12.5 Å². The molecule has 0 aliphatic rings. The average Bonchev–Trinajstić information content (AvgIpc) is 2.61. The molecule has 0 aliphatic heterocycles. The van der Waals surface area contributed by atoms with Crippen LogP contribution >= 0.6 is 0 Å². The van der Waals surface area contributed by atoms with Gasteiger partial charge in [0.1, 0.15) is 11.5 Å². The topological polar surface area (TPSA) is 47.6 Å². The Morgan fingerprint density at radius 2 is 1.54 bits per heavy atom. The standard InChI is InChI=1S/C20H19NO3/c1-2-23-18-9-11-19(12-10-18)24-14-20(22)21-17-8-7-15-5-3-4-6-16(15)13-17/h3-13H,2,14H2,1H3,(H,21,22). The van der Waals surface area contributed by atoms with Crippen LogP contribution in [0.15, 0.2) is 66.7 Å². The van der Waals surface area contributed by atoms with Gasteiger partial charge in [-0.25, -0.2) is 0 Å². The Bertz CT molecular complexity index is 828. The van der Waals surface area contributed by atoms with Gasteiger partial charge in [-0.2, -0.15) is 0 Å². The minimum absolute atomic E-state index is 0.0409. The minimum atomic E-state index is -0.195. The molecule has 4 heteroatoms. The largest absolute Gasteiger partial charge is 0.494 e. The van der Waals surface area contributed by atoms with Crippen molar-refractivity contribution in [3.63, 3.8) is 0 Å². The van der Waals surface area contributed by atoms with Crippen molar-refractivity contribution in [1.82, 2.24) is 0 Å². The van der Waals surface area contributed by atoms with Gasteiger partial charge in [-0.1, -0.05) is 30.3 Å². The van der Waals surface area contributed by atoms with Crippen LogP contribution < -0.4 is 14.8 Å². The summed E-state index contributed by atoms with van der Waals surface area (Å²) in [5.41, 5.74) is 0.758. The molecule has 0 heterocycles. The third kappa shape index (κ3) is 4.04. The number of benzene rings is 3. The third-order valence-electron chi connectivity index (χ3n) is 3.54. The van der Waals surface area contributed by atoms with Crippen LogP contribution in [-0.4, -0.2) is 19.1 Å². The molecule has 3 aromatic carbocycles. The maximum Gasteiger partial charge on any atom is 0.262 e. The lowest BCUT2D eigenvalue weighted by atomic mass is 10.1. The van der Waals surface area contributed by atoms with E-state index in [2.05, 4.69) is 5.32 Å². The summed E-state index contributed by atoms with van der Waals surface area (Å²) in [6.07, 6.45) is 0. The van der Waals surface area contributed by atoms with Crippen molar-refractivity contribution in [1.29, 1.82) is 0 Å². The molecule has 0 saturated carbocycles. The van der Waals surface area contributed by atoms with Crippen molar-refractivity contribution in [2.45, 2.75) is 6.92 Å². The Morgan fingerprint density at radius 3 is 2.25 bits per heavy atom. The molecule has 0 aromatic heterocycles. The van der Waals surface area contributed by atoms with Gasteiger partial charge in [0.15, 0.2) is 6.61 Å². The molecule has 3 aromatic rings. The van der Waals surface area contributed by atoms with Crippen molar-refractivity contribution >= 4 is 22.4 Å². The van der Waals surface area contributed by atoms with Crippen LogP contribution in [0.5, 0.6) is 11.5 Å². The summed E-state index contributed by atoms with van der Waals surface area (Å²) >= 11 is 0. The highest BCUT2D eigenvalue weighted by atomic mass is 16.5. The highest BCUT2D eigenvalue weighted by molar-refractivity contribution is 5.95. The molecule has 0 radical (unpaired) electrons. The molecule has 0 aliphatic carbocycles. The molecule has 4 nitrogen and oxygen atoms in total. The molecule has 0 spiro atoms. The molecule has 1 N–H and O–H groups in total. The molecule has 0 bridgehead atoms. The Labute approximate surface area is 141 Å². The van der Waals surface area contributed by atoms with Crippen molar-refractivity contribution in [3.05, 3.63) is 66.7 Å². The third-order valence-corrected chi connectivity index (χ3v) is 3.54. The molecule has 0 unspecified atom stereocenters. The molecule has 0 saturated heterocycles. The molecule has 24 heavy (non-hydrogen) atoms. The fourth-order valence-corrected chi connectivity index (χ4v) is 2.41. The predicted molar refractivity (Wildman–Crippen MR) is 95.7 cm³/mol. The number of hydrogen-bond donors (Lipinski definition) is 1. The fraction of sp³-hybridized carbons (Fsp3) is 0.150.